The molecule has 24 heavy (non-hydrogen) atoms. The van der Waals surface area contributed by atoms with Crippen LogP contribution in [0.2, 0.25) is 0 Å². The highest BCUT2D eigenvalue weighted by atomic mass is 16.5. The number of methoxy groups -OCH3 is 1. The van der Waals surface area contributed by atoms with Crippen molar-refractivity contribution in [2.24, 2.45) is 0 Å². The van der Waals surface area contributed by atoms with Gasteiger partial charge in [0.15, 0.2) is 0 Å². The molecule has 1 saturated carbocycles. The summed E-state index contributed by atoms with van der Waals surface area (Å²) in [6, 6.07) is 10.1. The van der Waals surface area contributed by atoms with Crippen molar-refractivity contribution in [2.45, 2.75) is 63.8 Å². The number of carbonyl (C=O) groups is 2. The van der Waals surface area contributed by atoms with Crippen molar-refractivity contribution in [3.05, 3.63) is 35.9 Å². The second-order valence-corrected chi connectivity index (χ2v) is 6.57. The Bertz CT molecular complexity index is 507. The topological polar surface area (TPSA) is 46.6 Å². The summed E-state index contributed by atoms with van der Waals surface area (Å²) in [5.41, 5.74) is 1.02. The van der Waals surface area contributed by atoms with Crippen molar-refractivity contribution in [3.63, 3.8) is 0 Å². The quantitative estimate of drug-likeness (QED) is 0.746. The van der Waals surface area contributed by atoms with Gasteiger partial charge in [-0.05, 0) is 18.4 Å². The first kappa shape index (κ1) is 18.5. The lowest BCUT2D eigenvalue weighted by atomic mass is 9.95. The highest BCUT2D eigenvalue weighted by Gasteiger charge is 2.24. The zero-order chi connectivity index (χ0) is 17.2. The van der Waals surface area contributed by atoms with Crippen LogP contribution in [0.1, 0.15) is 56.9 Å². The number of ether oxygens (including phenoxy) is 1. The van der Waals surface area contributed by atoms with E-state index in [0.717, 1.165) is 31.2 Å². The van der Waals surface area contributed by atoms with E-state index in [1.54, 1.807) is 0 Å². The van der Waals surface area contributed by atoms with Crippen LogP contribution in [0.15, 0.2) is 30.3 Å². The maximum atomic E-state index is 12.9. The maximum absolute atomic E-state index is 12.9. The molecular formula is C20H29NO3. The van der Waals surface area contributed by atoms with Gasteiger partial charge in [-0.1, -0.05) is 62.4 Å². The molecule has 132 valence electrons. The second-order valence-electron chi connectivity index (χ2n) is 6.57. The zero-order valence-electron chi connectivity index (χ0n) is 14.7. The third-order valence-corrected chi connectivity index (χ3v) is 4.82. The van der Waals surface area contributed by atoms with Crippen molar-refractivity contribution >= 4 is 11.9 Å². The van der Waals surface area contributed by atoms with Crippen LogP contribution >= 0.6 is 0 Å². The Hall–Kier alpha value is -1.84. The number of carbonyl (C=O) groups excluding carboxylic acids is 2. The zero-order valence-corrected chi connectivity index (χ0v) is 14.7. The molecule has 0 heterocycles. The average molecular weight is 331 g/mol. The van der Waals surface area contributed by atoms with Gasteiger partial charge in [0.2, 0.25) is 5.91 Å². The summed E-state index contributed by atoms with van der Waals surface area (Å²) in [6.07, 6.45) is 8.88. The summed E-state index contributed by atoms with van der Waals surface area (Å²) in [4.78, 5) is 26.4. The van der Waals surface area contributed by atoms with E-state index in [4.69, 9.17) is 4.74 Å². The first-order valence-corrected chi connectivity index (χ1v) is 9.11. The van der Waals surface area contributed by atoms with Gasteiger partial charge in [0, 0.05) is 12.6 Å². The van der Waals surface area contributed by atoms with Crippen LogP contribution in [0.4, 0.5) is 0 Å². The number of esters is 1. The molecule has 2 rings (SSSR count). The lowest BCUT2D eigenvalue weighted by molar-refractivity contribution is -0.142. The highest BCUT2D eigenvalue weighted by molar-refractivity contribution is 5.80. The second kappa shape index (κ2) is 10.1. The van der Waals surface area contributed by atoms with Gasteiger partial charge in [-0.25, -0.2) is 0 Å². The van der Waals surface area contributed by atoms with Gasteiger partial charge in [-0.3, -0.25) is 9.59 Å². The molecule has 0 N–H and O–H groups in total. The van der Waals surface area contributed by atoms with E-state index >= 15 is 0 Å². The lowest BCUT2D eigenvalue weighted by Gasteiger charge is -2.33. The van der Waals surface area contributed by atoms with E-state index in [9.17, 15) is 9.59 Å². The van der Waals surface area contributed by atoms with Gasteiger partial charge in [-0.2, -0.15) is 0 Å². The van der Waals surface area contributed by atoms with Gasteiger partial charge in [0.1, 0.15) is 0 Å². The molecule has 1 aromatic rings. The molecule has 0 saturated heterocycles. The molecule has 1 amide bonds. The fourth-order valence-corrected chi connectivity index (χ4v) is 3.44. The van der Waals surface area contributed by atoms with E-state index in [0.29, 0.717) is 13.0 Å². The number of nitrogens with zero attached hydrogens (tertiary/aromatic N) is 1. The predicted octanol–water partition coefficient (Wildman–Crippen LogP) is 3.73. The van der Waals surface area contributed by atoms with Crippen LogP contribution < -0.4 is 0 Å². The monoisotopic (exact) mass is 331 g/mol. The van der Waals surface area contributed by atoms with E-state index in [-0.39, 0.29) is 24.3 Å². The largest absolute Gasteiger partial charge is 0.469 e. The van der Waals surface area contributed by atoms with Crippen molar-refractivity contribution in [3.8, 4) is 0 Å². The van der Waals surface area contributed by atoms with E-state index < -0.39 is 0 Å². The minimum Gasteiger partial charge on any atom is -0.469 e. The average Bonchev–Trinajstić information content (AvgIpc) is 2.57. The van der Waals surface area contributed by atoms with Gasteiger partial charge >= 0.3 is 5.97 Å². The molecule has 0 aromatic heterocycles. The SMILES string of the molecule is COC(=O)CCN(C(=O)Cc1ccccc1)C1CCCCCCC1. The lowest BCUT2D eigenvalue weighted by Crippen LogP contribution is -2.42. The Morgan fingerprint density at radius 3 is 2.29 bits per heavy atom. The predicted molar refractivity (Wildman–Crippen MR) is 94.6 cm³/mol. The molecule has 0 spiro atoms. The first-order chi connectivity index (χ1) is 11.7. The Morgan fingerprint density at radius 1 is 1.04 bits per heavy atom. The normalized spacial score (nSPS) is 16.0. The summed E-state index contributed by atoms with van der Waals surface area (Å²) in [7, 11) is 1.40. The fourth-order valence-electron chi connectivity index (χ4n) is 3.44. The summed E-state index contributed by atoms with van der Waals surface area (Å²) in [5, 5.41) is 0. The summed E-state index contributed by atoms with van der Waals surface area (Å²) < 4.78 is 4.75. The maximum Gasteiger partial charge on any atom is 0.307 e. The molecule has 1 aromatic carbocycles. The number of rotatable bonds is 6. The number of hydrogen-bond acceptors (Lipinski definition) is 3. The fraction of sp³-hybridized carbons (Fsp3) is 0.600. The van der Waals surface area contributed by atoms with Gasteiger partial charge < -0.3 is 9.64 Å². The molecule has 0 aliphatic heterocycles. The van der Waals surface area contributed by atoms with E-state index in [1.165, 1.54) is 26.4 Å². The van der Waals surface area contributed by atoms with Crippen molar-refractivity contribution in [2.75, 3.05) is 13.7 Å². The summed E-state index contributed by atoms with van der Waals surface area (Å²) in [5.74, 6) is -0.131. The van der Waals surface area contributed by atoms with Crippen molar-refractivity contribution in [1.82, 2.24) is 4.90 Å². The summed E-state index contributed by atoms with van der Waals surface area (Å²) in [6.45, 7) is 0.461. The van der Waals surface area contributed by atoms with Gasteiger partial charge in [0.25, 0.3) is 0 Å². The number of hydrogen-bond donors (Lipinski definition) is 0. The van der Waals surface area contributed by atoms with E-state index in [1.807, 2.05) is 35.2 Å². The molecule has 0 radical (unpaired) electrons. The Kier molecular flexibility index (Phi) is 7.80. The highest BCUT2D eigenvalue weighted by Crippen LogP contribution is 2.22. The molecule has 1 aliphatic rings. The van der Waals surface area contributed by atoms with Crippen LogP contribution in [0.5, 0.6) is 0 Å². The molecule has 1 fully saturated rings. The first-order valence-electron chi connectivity index (χ1n) is 9.11. The Labute approximate surface area is 145 Å². The minimum atomic E-state index is -0.252. The third-order valence-electron chi connectivity index (χ3n) is 4.82. The van der Waals surface area contributed by atoms with Gasteiger partial charge in [0.05, 0.1) is 20.0 Å². The van der Waals surface area contributed by atoms with Crippen LogP contribution in [-0.4, -0.2) is 36.5 Å². The Morgan fingerprint density at radius 2 is 1.67 bits per heavy atom. The van der Waals surface area contributed by atoms with E-state index in [2.05, 4.69) is 0 Å². The van der Waals surface area contributed by atoms with Crippen molar-refractivity contribution < 1.29 is 14.3 Å². The summed E-state index contributed by atoms with van der Waals surface area (Å²) >= 11 is 0. The number of amides is 1. The van der Waals surface area contributed by atoms with Crippen LogP contribution in [0.3, 0.4) is 0 Å². The molecule has 0 atom stereocenters. The molecule has 0 unspecified atom stereocenters. The molecule has 4 heteroatoms. The smallest absolute Gasteiger partial charge is 0.307 e. The molecule has 1 aliphatic carbocycles. The van der Waals surface area contributed by atoms with Crippen LogP contribution in [0.25, 0.3) is 0 Å². The molecule has 4 nitrogen and oxygen atoms in total. The standard InChI is InChI=1S/C20H29NO3/c1-24-20(23)14-15-21(18-12-8-3-2-4-9-13-18)19(22)16-17-10-6-5-7-11-17/h5-7,10-11,18H,2-4,8-9,12-16H2,1H3. The Balaban J connectivity index is 2.04. The van der Waals surface area contributed by atoms with Gasteiger partial charge in [-0.15, -0.1) is 0 Å². The molecular weight excluding hydrogens is 302 g/mol. The third kappa shape index (κ3) is 5.99. The van der Waals surface area contributed by atoms with Crippen molar-refractivity contribution in [1.29, 1.82) is 0 Å². The molecule has 0 bridgehead atoms. The number of benzene rings is 1. The van der Waals surface area contributed by atoms with Crippen LogP contribution in [0, 0.1) is 0 Å². The minimum absolute atomic E-state index is 0.121. The van der Waals surface area contributed by atoms with Crippen LogP contribution in [-0.2, 0) is 20.7 Å².